The highest BCUT2D eigenvalue weighted by atomic mass is 35.5. The summed E-state index contributed by atoms with van der Waals surface area (Å²) in [5.41, 5.74) is 0.729. The summed E-state index contributed by atoms with van der Waals surface area (Å²) in [6, 6.07) is 4.40. The predicted octanol–water partition coefficient (Wildman–Crippen LogP) is 4.12. The van der Waals surface area contributed by atoms with Crippen LogP contribution in [0.3, 0.4) is 0 Å². The van der Waals surface area contributed by atoms with Crippen LogP contribution < -0.4 is 0 Å². The summed E-state index contributed by atoms with van der Waals surface area (Å²) in [7, 11) is 0. The zero-order chi connectivity index (χ0) is 15.2. The lowest BCUT2D eigenvalue weighted by Gasteiger charge is -2.27. The molecule has 116 valence electrons. The molecule has 1 aliphatic rings. The molecule has 0 spiro atoms. The molecular weight excluding hydrogens is 295 g/mol. The highest BCUT2D eigenvalue weighted by Gasteiger charge is 2.27. The van der Waals surface area contributed by atoms with E-state index < -0.39 is 0 Å². The Morgan fingerprint density at radius 2 is 2.00 bits per heavy atom. The lowest BCUT2D eigenvalue weighted by atomic mass is 9.87. The fourth-order valence-electron chi connectivity index (χ4n) is 2.63. The molecule has 1 fully saturated rings. The van der Waals surface area contributed by atoms with Gasteiger partial charge in [0.25, 0.3) is 0 Å². The van der Waals surface area contributed by atoms with Gasteiger partial charge in [0, 0.05) is 5.02 Å². The maximum absolute atomic E-state index is 13.2. The zero-order valence-electron chi connectivity index (χ0n) is 12.1. The van der Waals surface area contributed by atoms with Crippen molar-refractivity contribution < 1.29 is 18.7 Å². The Kier molecular flexibility index (Phi) is 6.00. The van der Waals surface area contributed by atoms with Crippen molar-refractivity contribution in [2.24, 2.45) is 5.92 Å². The van der Waals surface area contributed by atoms with Gasteiger partial charge in [-0.05, 0) is 56.4 Å². The second kappa shape index (κ2) is 7.76. The summed E-state index contributed by atoms with van der Waals surface area (Å²) in [6.07, 6.45) is 3.33. The van der Waals surface area contributed by atoms with Crippen molar-refractivity contribution in [1.82, 2.24) is 0 Å². The Morgan fingerprint density at radius 3 is 2.62 bits per heavy atom. The van der Waals surface area contributed by atoms with Crippen LogP contribution in [0.5, 0.6) is 0 Å². The van der Waals surface area contributed by atoms with E-state index in [1.165, 1.54) is 12.1 Å². The fraction of sp³-hybridized carbons (Fsp3) is 0.562. The molecule has 0 heterocycles. The van der Waals surface area contributed by atoms with Crippen LogP contribution in [0.25, 0.3) is 0 Å². The van der Waals surface area contributed by atoms with E-state index in [9.17, 15) is 9.18 Å². The molecule has 0 N–H and O–H groups in total. The first-order valence-corrected chi connectivity index (χ1v) is 7.69. The Balaban J connectivity index is 1.77. The van der Waals surface area contributed by atoms with Crippen LogP contribution in [0.4, 0.5) is 4.39 Å². The lowest BCUT2D eigenvalue weighted by molar-refractivity contribution is -0.150. The van der Waals surface area contributed by atoms with Crippen LogP contribution in [0, 0.1) is 11.7 Å². The van der Waals surface area contributed by atoms with E-state index in [-0.39, 0.29) is 23.8 Å². The van der Waals surface area contributed by atoms with Crippen molar-refractivity contribution in [3.8, 4) is 0 Å². The van der Waals surface area contributed by atoms with E-state index in [2.05, 4.69) is 0 Å². The van der Waals surface area contributed by atoms with Gasteiger partial charge in [-0.1, -0.05) is 11.6 Å². The first-order valence-electron chi connectivity index (χ1n) is 7.31. The van der Waals surface area contributed by atoms with Crippen LogP contribution in [-0.2, 0) is 20.9 Å². The van der Waals surface area contributed by atoms with Crippen LogP contribution >= 0.6 is 11.6 Å². The number of ether oxygens (including phenoxy) is 2. The largest absolute Gasteiger partial charge is 0.466 e. The second-order valence-corrected chi connectivity index (χ2v) is 5.75. The van der Waals surface area contributed by atoms with Crippen LogP contribution in [0.2, 0.25) is 5.02 Å². The van der Waals surface area contributed by atoms with Gasteiger partial charge in [-0.3, -0.25) is 4.79 Å². The number of hydrogen-bond acceptors (Lipinski definition) is 3. The van der Waals surface area contributed by atoms with Gasteiger partial charge in [0.05, 0.1) is 25.2 Å². The molecule has 0 saturated heterocycles. The van der Waals surface area contributed by atoms with Crippen LogP contribution in [0.15, 0.2) is 18.2 Å². The SMILES string of the molecule is CCOC(=O)C1CCC(OCc2cc(F)cc(Cl)c2)CC1. The Morgan fingerprint density at radius 1 is 1.29 bits per heavy atom. The zero-order valence-corrected chi connectivity index (χ0v) is 12.9. The summed E-state index contributed by atoms with van der Waals surface area (Å²) >= 11 is 5.81. The van der Waals surface area contributed by atoms with Gasteiger partial charge in [-0.25, -0.2) is 4.39 Å². The van der Waals surface area contributed by atoms with Crippen LogP contribution in [0.1, 0.15) is 38.2 Å². The highest BCUT2D eigenvalue weighted by Crippen LogP contribution is 2.28. The van der Waals surface area contributed by atoms with Crippen molar-refractivity contribution in [3.63, 3.8) is 0 Å². The average Bonchev–Trinajstić information content (AvgIpc) is 2.45. The smallest absolute Gasteiger partial charge is 0.308 e. The Labute approximate surface area is 129 Å². The van der Waals surface area contributed by atoms with Crippen molar-refractivity contribution in [2.75, 3.05) is 6.61 Å². The molecule has 0 unspecified atom stereocenters. The first kappa shape index (κ1) is 16.2. The number of rotatable bonds is 5. The standard InChI is InChI=1S/C16H20ClFO3/c1-2-20-16(19)12-3-5-15(6-4-12)21-10-11-7-13(17)9-14(18)8-11/h7-9,12,15H,2-6,10H2,1H3. The van der Waals surface area contributed by atoms with E-state index in [4.69, 9.17) is 21.1 Å². The minimum Gasteiger partial charge on any atom is -0.466 e. The fourth-order valence-corrected chi connectivity index (χ4v) is 2.88. The molecule has 0 atom stereocenters. The summed E-state index contributed by atoms with van der Waals surface area (Å²) in [5, 5.41) is 0.375. The van der Waals surface area contributed by atoms with Crippen molar-refractivity contribution in [3.05, 3.63) is 34.6 Å². The third-order valence-electron chi connectivity index (χ3n) is 3.70. The van der Waals surface area contributed by atoms with Gasteiger partial charge in [-0.15, -0.1) is 0 Å². The first-order chi connectivity index (χ1) is 10.1. The molecular formula is C16H20ClFO3. The van der Waals surface area contributed by atoms with E-state index in [0.29, 0.717) is 18.2 Å². The number of carbonyl (C=O) groups is 1. The van der Waals surface area contributed by atoms with E-state index >= 15 is 0 Å². The number of carbonyl (C=O) groups excluding carboxylic acids is 1. The van der Waals surface area contributed by atoms with Crippen molar-refractivity contribution in [2.45, 2.75) is 45.3 Å². The van der Waals surface area contributed by atoms with Gasteiger partial charge in [0.1, 0.15) is 5.82 Å². The summed E-state index contributed by atoms with van der Waals surface area (Å²) in [5.74, 6) is -0.464. The molecule has 0 aliphatic heterocycles. The topological polar surface area (TPSA) is 35.5 Å². The monoisotopic (exact) mass is 314 g/mol. The predicted molar refractivity (Wildman–Crippen MR) is 78.6 cm³/mol. The minimum atomic E-state index is -0.355. The van der Waals surface area contributed by atoms with Gasteiger partial charge in [0.15, 0.2) is 0 Å². The average molecular weight is 315 g/mol. The van der Waals surface area contributed by atoms with E-state index in [1.54, 1.807) is 6.07 Å². The van der Waals surface area contributed by atoms with Gasteiger partial charge in [0.2, 0.25) is 0 Å². The normalized spacial score (nSPS) is 22.0. The number of benzene rings is 1. The minimum absolute atomic E-state index is 0.00610. The number of esters is 1. The van der Waals surface area contributed by atoms with Gasteiger partial charge < -0.3 is 9.47 Å². The van der Waals surface area contributed by atoms with Gasteiger partial charge >= 0.3 is 5.97 Å². The number of hydrogen-bond donors (Lipinski definition) is 0. The molecule has 1 aromatic carbocycles. The maximum atomic E-state index is 13.2. The third kappa shape index (κ3) is 4.97. The molecule has 0 aromatic heterocycles. The molecule has 0 amide bonds. The van der Waals surface area contributed by atoms with E-state index in [0.717, 1.165) is 31.2 Å². The maximum Gasteiger partial charge on any atom is 0.308 e. The molecule has 1 aromatic rings. The molecule has 0 radical (unpaired) electrons. The third-order valence-corrected chi connectivity index (χ3v) is 3.92. The van der Waals surface area contributed by atoms with Crippen molar-refractivity contribution >= 4 is 17.6 Å². The summed E-state index contributed by atoms with van der Waals surface area (Å²) in [4.78, 5) is 11.6. The quantitative estimate of drug-likeness (QED) is 0.767. The summed E-state index contributed by atoms with van der Waals surface area (Å²) < 4.78 is 24.0. The van der Waals surface area contributed by atoms with Crippen LogP contribution in [-0.4, -0.2) is 18.7 Å². The Bertz CT molecular complexity index is 464. The molecule has 2 rings (SSSR count). The highest BCUT2D eigenvalue weighted by molar-refractivity contribution is 6.30. The van der Waals surface area contributed by atoms with E-state index in [1.807, 2.05) is 6.92 Å². The molecule has 5 heteroatoms. The summed E-state index contributed by atoms with van der Waals surface area (Å²) in [6.45, 7) is 2.58. The molecule has 21 heavy (non-hydrogen) atoms. The molecule has 0 bridgehead atoms. The molecule has 1 saturated carbocycles. The molecule has 3 nitrogen and oxygen atoms in total. The number of halogens is 2. The Hall–Kier alpha value is -1.13. The lowest BCUT2D eigenvalue weighted by Crippen LogP contribution is -2.27. The van der Waals surface area contributed by atoms with Crippen molar-refractivity contribution in [1.29, 1.82) is 0 Å². The second-order valence-electron chi connectivity index (χ2n) is 5.31. The van der Waals surface area contributed by atoms with Gasteiger partial charge in [-0.2, -0.15) is 0 Å². The molecule has 1 aliphatic carbocycles.